The lowest BCUT2D eigenvalue weighted by atomic mass is 9.56. The largest absolute Gasteiger partial charge is 0.390 e. The van der Waals surface area contributed by atoms with E-state index in [9.17, 15) is 5.11 Å². The molecule has 0 atom stereocenters. The molecule has 3 saturated carbocycles. The summed E-state index contributed by atoms with van der Waals surface area (Å²) in [6.45, 7) is 6.80. The molecule has 0 unspecified atom stereocenters. The third kappa shape index (κ3) is 2.23. The number of hydrogen-bond acceptors (Lipinski definition) is 1. The zero-order valence-electron chi connectivity index (χ0n) is 12.5. The summed E-state index contributed by atoms with van der Waals surface area (Å²) >= 11 is 0. The molecule has 0 amide bonds. The van der Waals surface area contributed by atoms with E-state index >= 15 is 0 Å². The third-order valence-electron chi connectivity index (χ3n) is 5.57. The Balaban J connectivity index is 1.87. The van der Waals surface area contributed by atoms with Gasteiger partial charge < -0.3 is 5.11 Å². The van der Waals surface area contributed by atoms with Crippen LogP contribution in [-0.2, 0) is 10.8 Å². The van der Waals surface area contributed by atoms with Gasteiger partial charge in [0.1, 0.15) is 0 Å². The summed E-state index contributed by atoms with van der Waals surface area (Å²) in [5.41, 5.74) is 3.18. The van der Waals surface area contributed by atoms with Gasteiger partial charge in [0.05, 0.1) is 5.60 Å². The zero-order valence-corrected chi connectivity index (χ0v) is 12.5. The molecule has 2 bridgehead atoms. The fourth-order valence-electron chi connectivity index (χ4n) is 3.92. The lowest BCUT2D eigenvalue weighted by molar-refractivity contribution is -0.0660. The van der Waals surface area contributed by atoms with Crippen LogP contribution in [0.1, 0.15) is 70.4 Å². The molecule has 0 heterocycles. The first-order valence-electron chi connectivity index (χ1n) is 7.67. The molecule has 3 aliphatic carbocycles. The van der Waals surface area contributed by atoms with Gasteiger partial charge in [-0.15, -0.1) is 0 Å². The van der Waals surface area contributed by atoms with Crippen molar-refractivity contribution in [1.29, 1.82) is 0 Å². The van der Waals surface area contributed by atoms with Gasteiger partial charge in [-0.1, -0.05) is 45.0 Å². The molecular formula is C18H26O. The van der Waals surface area contributed by atoms with Crippen molar-refractivity contribution < 1.29 is 5.11 Å². The van der Waals surface area contributed by atoms with Crippen LogP contribution in [0.2, 0.25) is 0 Å². The summed E-state index contributed by atoms with van der Waals surface area (Å²) < 4.78 is 0. The van der Waals surface area contributed by atoms with Crippen LogP contribution in [0.25, 0.3) is 0 Å². The lowest BCUT2D eigenvalue weighted by Gasteiger charge is -2.51. The van der Waals surface area contributed by atoms with Gasteiger partial charge >= 0.3 is 0 Å². The minimum atomic E-state index is -0.326. The van der Waals surface area contributed by atoms with E-state index in [2.05, 4.69) is 45.0 Å². The normalized spacial score (nSPS) is 34.5. The molecule has 4 rings (SSSR count). The number of aliphatic hydroxyl groups is 1. The molecule has 1 heteroatoms. The molecule has 1 aromatic carbocycles. The summed E-state index contributed by atoms with van der Waals surface area (Å²) in [5.74, 6) is 0. The topological polar surface area (TPSA) is 20.2 Å². The predicted octanol–water partition coefficient (Wildman–Crippen LogP) is 4.32. The Kier molecular flexibility index (Phi) is 2.83. The van der Waals surface area contributed by atoms with Crippen molar-refractivity contribution >= 4 is 0 Å². The molecule has 1 N–H and O–H groups in total. The van der Waals surface area contributed by atoms with Gasteiger partial charge in [-0.25, -0.2) is 0 Å². The highest BCUT2D eigenvalue weighted by Gasteiger charge is 2.48. The Labute approximate surface area is 117 Å². The van der Waals surface area contributed by atoms with Gasteiger partial charge in [0.25, 0.3) is 0 Å². The Morgan fingerprint density at radius 1 is 0.842 bits per heavy atom. The van der Waals surface area contributed by atoms with Crippen molar-refractivity contribution in [3.63, 3.8) is 0 Å². The van der Waals surface area contributed by atoms with Crippen LogP contribution in [0.4, 0.5) is 0 Å². The van der Waals surface area contributed by atoms with Crippen LogP contribution in [-0.4, -0.2) is 10.7 Å². The van der Waals surface area contributed by atoms with Crippen molar-refractivity contribution in [3.8, 4) is 0 Å². The van der Waals surface area contributed by atoms with Crippen molar-refractivity contribution in [3.05, 3.63) is 35.4 Å². The SMILES string of the molecule is CC(C)(C)c1ccc(C23CCC(O)(CC2)CC3)cc1. The van der Waals surface area contributed by atoms with Gasteiger partial charge in [-0.05, 0) is 60.5 Å². The first-order chi connectivity index (χ1) is 8.83. The standard InChI is InChI=1S/C18H26O/c1-16(2,3)14-4-6-15(7-5-14)17-8-11-18(19,12-9-17)13-10-17/h4-7,19H,8-13H2,1-3H3. The summed E-state index contributed by atoms with van der Waals surface area (Å²) in [5, 5.41) is 10.3. The fourth-order valence-corrected chi connectivity index (χ4v) is 3.92. The number of rotatable bonds is 1. The average molecular weight is 258 g/mol. The molecule has 0 radical (unpaired) electrons. The molecule has 1 aromatic rings. The molecule has 104 valence electrons. The minimum Gasteiger partial charge on any atom is -0.390 e. The summed E-state index contributed by atoms with van der Waals surface area (Å²) in [6, 6.07) is 9.30. The second kappa shape index (κ2) is 4.09. The first-order valence-corrected chi connectivity index (χ1v) is 7.67. The van der Waals surface area contributed by atoms with Crippen LogP contribution >= 0.6 is 0 Å². The maximum atomic E-state index is 10.3. The quantitative estimate of drug-likeness (QED) is 0.795. The first kappa shape index (κ1) is 13.2. The maximum absolute atomic E-state index is 10.3. The Hall–Kier alpha value is -0.820. The molecule has 0 saturated heterocycles. The highest BCUT2D eigenvalue weighted by molar-refractivity contribution is 5.34. The van der Waals surface area contributed by atoms with E-state index in [1.807, 2.05) is 0 Å². The van der Waals surface area contributed by atoms with Gasteiger partial charge in [-0.2, -0.15) is 0 Å². The highest BCUT2D eigenvalue weighted by atomic mass is 16.3. The third-order valence-corrected chi connectivity index (χ3v) is 5.57. The molecule has 3 aliphatic rings. The second-order valence-corrected chi connectivity index (χ2v) is 7.83. The molecule has 0 aliphatic heterocycles. The fraction of sp³-hybridized carbons (Fsp3) is 0.667. The molecule has 1 nitrogen and oxygen atoms in total. The summed E-state index contributed by atoms with van der Waals surface area (Å²) in [4.78, 5) is 0. The Morgan fingerprint density at radius 2 is 1.32 bits per heavy atom. The van der Waals surface area contributed by atoms with Gasteiger partial charge in [-0.3, -0.25) is 0 Å². The second-order valence-electron chi connectivity index (χ2n) is 7.83. The van der Waals surface area contributed by atoms with Crippen LogP contribution in [0.15, 0.2) is 24.3 Å². The molecular weight excluding hydrogens is 232 g/mol. The van der Waals surface area contributed by atoms with E-state index in [-0.39, 0.29) is 11.0 Å². The van der Waals surface area contributed by atoms with Crippen LogP contribution in [0.5, 0.6) is 0 Å². The molecule has 3 fully saturated rings. The van der Waals surface area contributed by atoms with E-state index in [0.29, 0.717) is 5.41 Å². The van der Waals surface area contributed by atoms with Crippen molar-refractivity contribution in [2.45, 2.75) is 75.7 Å². The lowest BCUT2D eigenvalue weighted by Crippen LogP contribution is -2.48. The van der Waals surface area contributed by atoms with E-state index < -0.39 is 0 Å². The van der Waals surface area contributed by atoms with Crippen LogP contribution < -0.4 is 0 Å². The average Bonchev–Trinajstić information content (AvgIpc) is 2.39. The van der Waals surface area contributed by atoms with E-state index in [0.717, 1.165) is 19.3 Å². The van der Waals surface area contributed by atoms with Gasteiger partial charge in [0.2, 0.25) is 0 Å². The molecule has 0 aromatic heterocycles. The monoisotopic (exact) mass is 258 g/mol. The molecule has 0 spiro atoms. The van der Waals surface area contributed by atoms with E-state index in [1.165, 1.54) is 30.4 Å². The predicted molar refractivity (Wildman–Crippen MR) is 79.5 cm³/mol. The number of hydrogen-bond donors (Lipinski definition) is 1. The van der Waals surface area contributed by atoms with E-state index in [4.69, 9.17) is 0 Å². The smallest absolute Gasteiger partial charge is 0.0648 e. The van der Waals surface area contributed by atoms with Crippen molar-refractivity contribution in [2.24, 2.45) is 0 Å². The summed E-state index contributed by atoms with van der Waals surface area (Å²) in [6.07, 6.45) is 6.48. The highest BCUT2D eigenvalue weighted by Crippen LogP contribution is 2.53. The van der Waals surface area contributed by atoms with Crippen LogP contribution in [0, 0.1) is 0 Å². The Morgan fingerprint density at radius 3 is 1.74 bits per heavy atom. The maximum Gasteiger partial charge on any atom is 0.0648 e. The van der Waals surface area contributed by atoms with Crippen molar-refractivity contribution in [1.82, 2.24) is 0 Å². The minimum absolute atomic E-state index is 0.232. The summed E-state index contributed by atoms with van der Waals surface area (Å²) in [7, 11) is 0. The van der Waals surface area contributed by atoms with Gasteiger partial charge in [0.15, 0.2) is 0 Å². The van der Waals surface area contributed by atoms with Gasteiger partial charge in [0, 0.05) is 0 Å². The van der Waals surface area contributed by atoms with E-state index in [1.54, 1.807) is 0 Å². The Bertz CT molecular complexity index is 439. The number of benzene rings is 1. The number of fused-ring (bicyclic) bond motifs is 3. The van der Waals surface area contributed by atoms with Crippen LogP contribution in [0.3, 0.4) is 0 Å². The van der Waals surface area contributed by atoms with Crippen molar-refractivity contribution in [2.75, 3.05) is 0 Å². The zero-order chi connectivity index (χ0) is 13.7. The molecule has 19 heavy (non-hydrogen) atoms.